The van der Waals surface area contributed by atoms with Crippen molar-refractivity contribution < 1.29 is 14.3 Å². The highest BCUT2D eigenvalue weighted by Crippen LogP contribution is 2.14. The monoisotopic (exact) mass is 508 g/mol. The van der Waals surface area contributed by atoms with E-state index < -0.39 is 6.10 Å². The highest BCUT2D eigenvalue weighted by molar-refractivity contribution is 5.74. The fraction of sp³-hybridized carbons (Fsp3) is 0.909. The molecule has 0 fully saturated rings. The van der Waals surface area contributed by atoms with Gasteiger partial charge >= 0.3 is 5.97 Å². The first-order chi connectivity index (χ1) is 17.8. The minimum Gasteiger partial charge on any atom is -0.464 e. The lowest BCUT2D eigenvalue weighted by molar-refractivity contribution is -0.155. The van der Waals surface area contributed by atoms with E-state index in [1.54, 1.807) is 7.11 Å². The quantitative estimate of drug-likeness (QED) is 0.0572. The summed E-state index contributed by atoms with van der Waals surface area (Å²) in [5.41, 5.74) is 0. The molecule has 0 aromatic carbocycles. The van der Waals surface area contributed by atoms with Crippen LogP contribution in [-0.4, -0.2) is 25.8 Å². The van der Waals surface area contributed by atoms with Gasteiger partial charge in [-0.3, -0.25) is 0 Å². The Morgan fingerprint density at radius 2 is 0.944 bits per heavy atom. The first kappa shape index (κ1) is 35.2. The van der Waals surface area contributed by atoms with Crippen LogP contribution in [0.1, 0.15) is 174 Å². The summed E-state index contributed by atoms with van der Waals surface area (Å²) in [6, 6.07) is 0. The Morgan fingerprint density at radius 1 is 0.556 bits per heavy atom. The van der Waals surface area contributed by atoms with E-state index in [0.29, 0.717) is 13.0 Å². The minimum absolute atomic E-state index is 0.191. The maximum Gasteiger partial charge on any atom is 0.335 e. The molecule has 0 N–H and O–H groups in total. The lowest BCUT2D eigenvalue weighted by atomic mass is 10.0. The topological polar surface area (TPSA) is 35.5 Å². The number of hydrogen-bond acceptors (Lipinski definition) is 3. The van der Waals surface area contributed by atoms with Crippen LogP contribution in [0.2, 0.25) is 0 Å². The number of ether oxygens (including phenoxy) is 2. The number of methoxy groups -OCH3 is 1. The van der Waals surface area contributed by atoms with Gasteiger partial charge in [0.05, 0.1) is 6.61 Å². The smallest absolute Gasteiger partial charge is 0.335 e. The van der Waals surface area contributed by atoms with Gasteiger partial charge in [-0.25, -0.2) is 4.79 Å². The number of esters is 1. The molecule has 3 nitrogen and oxygen atoms in total. The molecule has 214 valence electrons. The predicted octanol–water partition coefficient (Wildman–Crippen LogP) is 10.9. The third kappa shape index (κ3) is 26.2. The van der Waals surface area contributed by atoms with Gasteiger partial charge in [0.2, 0.25) is 0 Å². The summed E-state index contributed by atoms with van der Waals surface area (Å²) in [6.07, 6.45) is 36.4. The standard InChI is InChI=1S/C33H64O3/c1-4-6-8-10-12-14-16-18-19-21-23-25-27-29-31-36-33(34)32(35-3)30-28-26-24-22-20-17-15-13-11-9-7-5-2/h24,26,32H,4-23,25,27-31H2,1-3H3/b26-24+. The Labute approximate surface area is 226 Å². The number of unbranched alkanes of at least 4 members (excludes halogenated alkanes) is 21. The van der Waals surface area contributed by atoms with E-state index in [1.807, 2.05) is 0 Å². The number of allylic oxidation sites excluding steroid dienone is 2. The van der Waals surface area contributed by atoms with Gasteiger partial charge in [0, 0.05) is 7.11 Å². The van der Waals surface area contributed by atoms with Gasteiger partial charge < -0.3 is 9.47 Å². The third-order valence-electron chi connectivity index (χ3n) is 7.28. The zero-order valence-corrected chi connectivity index (χ0v) is 24.8. The van der Waals surface area contributed by atoms with Crippen molar-refractivity contribution in [1.29, 1.82) is 0 Å². The van der Waals surface area contributed by atoms with Gasteiger partial charge in [-0.1, -0.05) is 154 Å². The van der Waals surface area contributed by atoms with Crippen LogP contribution in [0.15, 0.2) is 12.2 Å². The molecule has 36 heavy (non-hydrogen) atoms. The van der Waals surface area contributed by atoms with E-state index in [-0.39, 0.29) is 5.97 Å². The van der Waals surface area contributed by atoms with Gasteiger partial charge in [0.15, 0.2) is 6.10 Å². The summed E-state index contributed by atoms with van der Waals surface area (Å²) in [5.74, 6) is -0.191. The largest absolute Gasteiger partial charge is 0.464 e. The Balaban J connectivity index is 3.48. The van der Waals surface area contributed by atoms with E-state index in [4.69, 9.17) is 9.47 Å². The molecular formula is C33H64O3. The predicted molar refractivity (Wildman–Crippen MR) is 158 cm³/mol. The van der Waals surface area contributed by atoms with Crippen molar-refractivity contribution in [3.63, 3.8) is 0 Å². The van der Waals surface area contributed by atoms with Gasteiger partial charge in [-0.2, -0.15) is 0 Å². The fourth-order valence-corrected chi connectivity index (χ4v) is 4.77. The van der Waals surface area contributed by atoms with Crippen molar-refractivity contribution in [2.24, 2.45) is 0 Å². The molecule has 0 rings (SSSR count). The number of carbonyl (C=O) groups excluding carboxylic acids is 1. The highest BCUT2D eigenvalue weighted by atomic mass is 16.6. The molecule has 0 radical (unpaired) electrons. The molecule has 0 spiro atoms. The Kier molecular flexibility index (Phi) is 29.7. The normalized spacial score (nSPS) is 12.4. The molecule has 0 aliphatic rings. The molecule has 1 atom stereocenters. The summed E-state index contributed by atoms with van der Waals surface area (Å²) in [4.78, 5) is 12.3. The average Bonchev–Trinajstić information content (AvgIpc) is 2.89. The SMILES string of the molecule is CCCCCCCCCC/C=C/CCC(OC)C(=O)OCCCCCCCCCCCCCCCC. The zero-order valence-electron chi connectivity index (χ0n) is 24.8. The van der Waals surface area contributed by atoms with Gasteiger partial charge in [0.25, 0.3) is 0 Å². The lowest BCUT2D eigenvalue weighted by Gasteiger charge is -2.13. The van der Waals surface area contributed by atoms with Gasteiger partial charge in [0.1, 0.15) is 0 Å². The van der Waals surface area contributed by atoms with Crippen molar-refractivity contribution in [2.45, 2.75) is 180 Å². The van der Waals surface area contributed by atoms with Crippen LogP contribution in [0.4, 0.5) is 0 Å². The molecule has 0 saturated carbocycles. The molecule has 0 bridgehead atoms. The van der Waals surface area contributed by atoms with Crippen LogP contribution in [0.25, 0.3) is 0 Å². The third-order valence-corrected chi connectivity index (χ3v) is 7.28. The first-order valence-electron chi connectivity index (χ1n) is 16.1. The molecule has 0 aliphatic heterocycles. The Hall–Kier alpha value is -0.830. The van der Waals surface area contributed by atoms with E-state index in [2.05, 4.69) is 26.0 Å². The summed E-state index contributed by atoms with van der Waals surface area (Å²) >= 11 is 0. The van der Waals surface area contributed by atoms with Crippen molar-refractivity contribution in [3.8, 4) is 0 Å². The van der Waals surface area contributed by atoms with Gasteiger partial charge in [-0.05, 0) is 32.1 Å². The molecule has 0 aromatic rings. The molecule has 0 heterocycles. The van der Waals surface area contributed by atoms with E-state index in [1.165, 1.54) is 128 Å². The summed E-state index contributed by atoms with van der Waals surface area (Å²) in [7, 11) is 1.61. The van der Waals surface area contributed by atoms with Crippen molar-refractivity contribution in [2.75, 3.05) is 13.7 Å². The van der Waals surface area contributed by atoms with E-state index in [0.717, 1.165) is 25.7 Å². The average molecular weight is 509 g/mol. The van der Waals surface area contributed by atoms with Crippen molar-refractivity contribution >= 4 is 5.97 Å². The van der Waals surface area contributed by atoms with Crippen molar-refractivity contribution in [1.82, 2.24) is 0 Å². The van der Waals surface area contributed by atoms with E-state index >= 15 is 0 Å². The van der Waals surface area contributed by atoms with Crippen molar-refractivity contribution in [3.05, 3.63) is 12.2 Å². The summed E-state index contributed by atoms with van der Waals surface area (Å²) in [6.45, 7) is 5.08. The zero-order chi connectivity index (χ0) is 26.4. The highest BCUT2D eigenvalue weighted by Gasteiger charge is 2.18. The van der Waals surface area contributed by atoms with Crippen LogP contribution in [-0.2, 0) is 14.3 Å². The molecule has 0 saturated heterocycles. The molecule has 3 heteroatoms. The second kappa shape index (κ2) is 30.4. The van der Waals surface area contributed by atoms with Gasteiger partial charge in [-0.15, -0.1) is 0 Å². The molecule has 1 unspecified atom stereocenters. The summed E-state index contributed by atoms with van der Waals surface area (Å²) < 4.78 is 10.8. The molecule has 0 aliphatic carbocycles. The van der Waals surface area contributed by atoms with Crippen LogP contribution < -0.4 is 0 Å². The molecule has 0 aromatic heterocycles. The van der Waals surface area contributed by atoms with Crippen LogP contribution in [0.5, 0.6) is 0 Å². The van der Waals surface area contributed by atoms with E-state index in [9.17, 15) is 4.79 Å². The molecular weight excluding hydrogens is 444 g/mol. The van der Waals surface area contributed by atoms with Crippen LogP contribution >= 0.6 is 0 Å². The minimum atomic E-state index is -0.426. The fourth-order valence-electron chi connectivity index (χ4n) is 4.77. The molecule has 0 amide bonds. The number of rotatable bonds is 29. The van der Waals surface area contributed by atoms with Crippen LogP contribution in [0.3, 0.4) is 0 Å². The number of carbonyl (C=O) groups is 1. The first-order valence-corrected chi connectivity index (χ1v) is 16.1. The second-order valence-electron chi connectivity index (χ2n) is 10.8. The Bertz CT molecular complexity index is 460. The van der Waals surface area contributed by atoms with Crippen LogP contribution in [0, 0.1) is 0 Å². The lowest BCUT2D eigenvalue weighted by Crippen LogP contribution is -2.25. The summed E-state index contributed by atoms with van der Waals surface area (Å²) in [5, 5.41) is 0. The maximum absolute atomic E-state index is 12.3. The Morgan fingerprint density at radius 3 is 1.39 bits per heavy atom. The maximum atomic E-state index is 12.3. The second-order valence-corrected chi connectivity index (χ2v) is 10.8. The number of hydrogen-bond donors (Lipinski definition) is 0.